The lowest BCUT2D eigenvalue weighted by Crippen LogP contribution is -2.32. The lowest BCUT2D eigenvalue weighted by Gasteiger charge is -2.23. The Balaban J connectivity index is 2.21. The number of nitrogens with zero attached hydrogens (tertiary/aromatic N) is 3. The van der Waals surface area contributed by atoms with Crippen molar-refractivity contribution in [3.8, 4) is 0 Å². The summed E-state index contributed by atoms with van der Waals surface area (Å²) in [5.74, 6) is 0.890. The van der Waals surface area contributed by atoms with Gasteiger partial charge in [0.2, 0.25) is 0 Å². The van der Waals surface area contributed by atoms with Crippen molar-refractivity contribution in [3.63, 3.8) is 0 Å². The lowest BCUT2D eigenvalue weighted by molar-refractivity contribution is 0.266. The smallest absolute Gasteiger partial charge is 0.151 e. The Labute approximate surface area is 83.6 Å². The first kappa shape index (κ1) is 9.40. The molecular formula is C10H15N3O. The molecule has 2 heterocycles. The van der Waals surface area contributed by atoms with Gasteiger partial charge in [-0.05, 0) is 31.4 Å². The van der Waals surface area contributed by atoms with Gasteiger partial charge in [0.15, 0.2) is 5.82 Å². The fraction of sp³-hybridized carbons (Fsp3) is 0.600. The molecule has 1 atom stereocenters. The highest BCUT2D eigenvalue weighted by Gasteiger charge is 2.24. The molecule has 1 aromatic rings. The molecule has 1 saturated heterocycles. The van der Waals surface area contributed by atoms with Gasteiger partial charge >= 0.3 is 0 Å². The lowest BCUT2D eigenvalue weighted by atomic mass is 10.2. The second-order valence-corrected chi connectivity index (χ2v) is 3.76. The van der Waals surface area contributed by atoms with Crippen molar-refractivity contribution < 1.29 is 5.11 Å². The molecule has 1 unspecified atom stereocenters. The molecule has 0 aromatic carbocycles. The minimum atomic E-state index is 0.204. The van der Waals surface area contributed by atoms with Crippen LogP contribution in [0.15, 0.2) is 12.3 Å². The van der Waals surface area contributed by atoms with Crippen LogP contribution < -0.4 is 4.90 Å². The van der Waals surface area contributed by atoms with Crippen molar-refractivity contribution >= 4 is 5.82 Å². The molecule has 14 heavy (non-hydrogen) atoms. The Morgan fingerprint density at radius 2 is 2.50 bits per heavy atom. The molecule has 1 aliphatic heterocycles. The maximum absolute atomic E-state index is 9.18. The summed E-state index contributed by atoms with van der Waals surface area (Å²) in [7, 11) is 0. The summed E-state index contributed by atoms with van der Waals surface area (Å²) in [6.45, 7) is 3.18. The maximum Gasteiger partial charge on any atom is 0.151 e. The monoisotopic (exact) mass is 193 g/mol. The molecule has 1 N–H and O–H groups in total. The van der Waals surface area contributed by atoms with Crippen LogP contribution in [0.3, 0.4) is 0 Å². The molecular weight excluding hydrogens is 178 g/mol. The zero-order valence-electron chi connectivity index (χ0n) is 8.35. The minimum absolute atomic E-state index is 0.204. The number of rotatable bonds is 2. The summed E-state index contributed by atoms with van der Waals surface area (Å²) in [6, 6.07) is 2.24. The van der Waals surface area contributed by atoms with Gasteiger partial charge in [-0.25, -0.2) is 0 Å². The number of hydrogen-bond donors (Lipinski definition) is 1. The molecule has 4 nitrogen and oxygen atoms in total. The average molecular weight is 193 g/mol. The van der Waals surface area contributed by atoms with Gasteiger partial charge in [-0.15, -0.1) is 5.10 Å². The molecule has 0 bridgehead atoms. The number of anilines is 1. The largest absolute Gasteiger partial charge is 0.394 e. The van der Waals surface area contributed by atoms with E-state index in [-0.39, 0.29) is 12.6 Å². The Bertz CT molecular complexity index is 316. The molecule has 76 valence electrons. The van der Waals surface area contributed by atoms with Gasteiger partial charge in [-0.2, -0.15) is 5.10 Å². The van der Waals surface area contributed by atoms with Crippen LogP contribution >= 0.6 is 0 Å². The zero-order valence-corrected chi connectivity index (χ0v) is 8.35. The van der Waals surface area contributed by atoms with E-state index < -0.39 is 0 Å². The Hall–Kier alpha value is -1.16. The van der Waals surface area contributed by atoms with Crippen molar-refractivity contribution in [2.24, 2.45) is 0 Å². The fourth-order valence-corrected chi connectivity index (χ4v) is 1.92. The fourth-order valence-electron chi connectivity index (χ4n) is 1.92. The van der Waals surface area contributed by atoms with Crippen LogP contribution in [0.25, 0.3) is 0 Å². The van der Waals surface area contributed by atoms with Crippen molar-refractivity contribution in [1.29, 1.82) is 0 Å². The van der Waals surface area contributed by atoms with E-state index >= 15 is 0 Å². The van der Waals surface area contributed by atoms with Crippen LogP contribution in [0.1, 0.15) is 18.4 Å². The van der Waals surface area contributed by atoms with E-state index in [9.17, 15) is 5.11 Å². The molecule has 0 spiro atoms. The molecule has 4 heteroatoms. The number of aliphatic hydroxyl groups is 1. The van der Waals surface area contributed by atoms with Crippen LogP contribution in [0.4, 0.5) is 5.82 Å². The molecule has 0 aliphatic carbocycles. The van der Waals surface area contributed by atoms with E-state index in [2.05, 4.69) is 15.1 Å². The molecule has 1 aromatic heterocycles. The first-order valence-corrected chi connectivity index (χ1v) is 4.98. The van der Waals surface area contributed by atoms with Crippen molar-refractivity contribution in [2.45, 2.75) is 25.8 Å². The van der Waals surface area contributed by atoms with Crippen molar-refractivity contribution in [3.05, 3.63) is 17.8 Å². The quantitative estimate of drug-likeness (QED) is 0.753. The molecule has 2 rings (SSSR count). The molecule has 0 amide bonds. The molecule has 1 aliphatic rings. The highest BCUT2D eigenvalue weighted by molar-refractivity contribution is 5.41. The van der Waals surface area contributed by atoms with Gasteiger partial charge in [-0.3, -0.25) is 0 Å². The second-order valence-electron chi connectivity index (χ2n) is 3.76. The van der Waals surface area contributed by atoms with E-state index in [0.717, 1.165) is 30.8 Å². The van der Waals surface area contributed by atoms with Crippen molar-refractivity contribution in [1.82, 2.24) is 10.2 Å². The summed E-state index contributed by atoms with van der Waals surface area (Å²) < 4.78 is 0. The Morgan fingerprint density at radius 1 is 1.64 bits per heavy atom. The highest BCUT2D eigenvalue weighted by Crippen LogP contribution is 2.23. The topological polar surface area (TPSA) is 49.2 Å². The molecule has 0 radical (unpaired) electrons. The standard InChI is InChI=1S/C10H15N3O/c1-8-5-10(12-11-6-8)13-4-2-3-9(13)7-14/h5-6,9,14H,2-4,7H2,1H3. The van der Waals surface area contributed by atoms with E-state index in [1.54, 1.807) is 6.20 Å². The van der Waals surface area contributed by atoms with Crippen LogP contribution in [0, 0.1) is 6.92 Å². The summed E-state index contributed by atoms with van der Waals surface area (Å²) in [5.41, 5.74) is 1.11. The van der Waals surface area contributed by atoms with Crippen LogP contribution in [-0.2, 0) is 0 Å². The predicted octanol–water partition coefficient (Wildman–Crippen LogP) is 0.746. The number of hydrogen-bond acceptors (Lipinski definition) is 4. The number of aromatic nitrogens is 2. The Morgan fingerprint density at radius 3 is 3.21 bits per heavy atom. The average Bonchev–Trinajstić information content (AvgIpc) is 2.65. The van der Waals surface area contributed by atoms with Gasteiger partial charge < -0.3 is 10.0 Å². The van der Waals surface area contributed by atoms with E-state index in [1.165, 1.54) is 0 Å². The summed E-state index contributed by atoms with van der Waals surface area (Å²) >= 11 is 0. The maximum atomic E-state index is 9.18. The summed E-state index contributed by atoms with van der Waals surface area (Å²) in [6.07, 6.45) is 3.92. The summed E-state index contributed by atoms with van der Waals surface area (Å²) in [4.78, 5) is 2.14. The third kappa shape index (κ3) is 1.70. The van der Waals surface area contributed by atoms with Crippen molar-refractivity contribution in [2.75, 3.05) is 18.1 Å². The van der Waals surface area contributed by atoms with Gasteiger partial charge in [0.05, 0.1) is 18.8 Å². The van der Waals surface area contributed by atoms with Crippen LogP contribution in [-0.4, -0.2) is 34.5 Å². The minimum Gasteiger partial charge on any atom is -0.394 e. The SMILES string of the molecule is Cc1cnnc(N2CCCC2CO)c1. The first-order valence-electron chi connectivity index (χ1n) is 4.98. The van der Waals surface area contributed by atoms with E-state index in [1.807, 2.05) is 13.0 Å². The predicted molar refractivity (Wildman–Crippen MR) is 54.2 cm³/mol. The third-order valence-corrected chi connectivity index (χ3v) is 2.66. The van der Waals surface area contributed by atoms with Crippen LogP contribution in [0.5, 0.6) is 0 Å². The first-order chi connectivity index (χ1) is 6.81. The Kier molecular flexibility index (Phi) is 2.63. The molecule has 1 fully saturated rings. The summed E-state index contributed by atoms with van der Waals surface area (Å²) in [5, 5.41) is 17.2. The van der Waals surface area contributed by atoms with Gasteiger partial charge in [0.1, 0.15) is 0 Å². The van der Waals surface area contributed by atoms with E-state index in [0.29, 0.717) is 0 Å². The normalized spacial score (nSPS) is 21.6. The molecule has 0 saturated carbocycles. The third-order valence-electron chi connectivity index (χ3n) is 2.66. The van der Waals surface area contributed by atoms with Gasteiger partial charge in [0.25, 0.3) is 0 Å². The number of aryl methyl sites for hydroxylation is 1. The number of aliphatic hydroxyl groups excluding tert-OH is 1. The second kappa shape index (κ2) is 3.92. The van der Waals surface area contributed by atoms with Gasteiger partial charge in [-0.1, -0.05) is 0 Å². The zero-order chi connectivity index (χ0) is 9.97. The van der Waals surface area contributed by atoms with Gasteiger partial charge in [0, 0.05) is 6.54 Å². The van der Waals surface area contributed by atoms with E-state index in [4.69, 9.17) is 0 Å². The van der Waals surface area contributed by atoms with Crippen LogP contribution in [0.2, 0.25) is 0 Å². The highest BCUT2D eigenvalue weighted by atomic mass is 16.3.